The number of urea groups is 1. The number of aliphatic carboxylic acids is 1. The standard InChI is InChI=1S/C13H17BrN2O3/c1-8-3-5-11(10(14)7-8)16-13(19)15-9(2)4-6-12(17)18/h3,5,7,9H,4,6H2,1-2H3,(H,17,18)(H2,15,16,19). The van der Waals surface area contributed by atoms with Crippen LogP contribution in [-0.2, 0) is 4.79 Å². The van der Waals surface area contributed by atoms with Gasteiger partial charge in [0.05, 0.1) is 5.69 Å². The molecule has 19 heavy (non-hydrogen) atoms. The van der Waals surface area contributed by atoms with E-state index in [0.29, 0.717) is 12.1 Å². The molecule has 0 aliphatic carbocycles. The van der Waals surface area contributed by atoms with Crippen LogP contribution >= 0.6 is 15.9 Å². The number of anilines is 1. The van der Waals surface area contributed by atoms with Crippen LogP contribution in [0.4, 0.5) is 10.5 Å². The van der Waals surface area contributed by atoms with Crippen LogP contribution in [-0.4, -0.2) is 23.1 Å². The highest BCUT2D eigenvalue weighted by molar-refractivity contribution is 9.10. The number of halogens is 1. The van der Waals surface area contributed by atoms with Crippen LogP contribution in [0, 0.1) is 6.92 Å². The Balaban J connectivity index is 2.48. The highest BCUT2D eigenvalue weighted by Gasteiger charge is 2.10. The van der Waals surface area contributed by atoms with Gasteiger partial charge in [-0.2, -0.15) is 0 Å². The molecule has 104 valence electrons. The Morgan fingerprint density at radius 3 is 2.68 bits per heavy atom. The monoisotopic (exact) mass is 328 g/mol. The fraction of sp³-hybridized carbons (Fsp3) is 0.385. The van der Waals surface area contributed by atoms with Crippen molar-refractivity contribution < 1.29 is 14.7 Å². The summed E-state index contributed by atoms with van der Waals surface area (Å²) in [4.78, 5) is 22.1. The van der Waals surface area contributed by atoms with Gasteiger partial charge in [0.15, 0.2) is 0 Å². The number of hydrogen-bond donors (Lipinski definition) is 3. The molecule has 0 fully saturated rings. The number of carbonyl (C=O) groups is 2. The molecule has 6 heteroatoms. The Morgan fingerprint density at radius 2 is 2.11 bits per heavy atom. The van der Waals surface area contributed by atoms with E-state index < -0.39 is 5.97 Å². The van der Waals surface area contributed by atoms with E-state index in [-0.39, 0.29) is 18.5 Å². The molecule has 1 rings (SSSR count). The van der Waals surface area contributed by atoms with Crippen LogP contribution in [0.25, 0.3) is 0 Å². The summed E-state index contributed by atoms with van der Waals surface area (Å²) in [7, 11) is 0. The summed E-state index contributed by atoms with van der Waals surface area (Å²) in [5.74, 6) is -0.865. The first-order valence-electron chi connectivity index (χ1n) is 5.94. The zero-order chi connectivity index (χ0) is 14.4. The summed E-state index contributed by atoms with van der Waals surface area (Å²) < 4.78 is 0.806. The molecule has 0 aliphatic rings. The predicted octanol–water partition coefficient (Wildman–Crippen LogP) is 3.13. The van der Waals surface area contributed by atoms with Crippen molar-refractivity contribution >= 4 is 33.6 Å². The van der Waals surface area contributed by atoms with Gasteiger partial charge in [0.2, 0.25) is 0 Å². The van der Waals surface area contributed by atoms with Crippen molar-refractivity contribution in [3.8, 4) is 0 Å². The molecule has 0 bridgehead atoms. The van der Waals surface area contributed by atoms with Crippen molar-refractivity contribution in [2.75, 3.05) is 5.32 Å². The largest absolute Gasteiger partial charge is 0.481 e. The molecule has 0 aliphatic heterocycles. The summed E-state index contributed by atoms with van der Waals surface area (Å²) in [6.45, 7) is 3.73. The number of nitrogens with one attached hydrogen (secondary N) is 2. The molecule has 0 saturated heterocycles. The van der Waals surface area contributed by atoms with Gasteiger partial charge >= 0.3 is 12.0 Å². The van der Waals surface area contributed by atoms with E-state index in [1.165, 1.54) is 0 Å². The number of hydrogen-bond acceptors (Lipinski definition) is 2. The minimum Gasteiger partial charge on any atom is -0.481 e. The topological polar surface area (TPSA) is 78.4 Å². The second-order valence-corrected chi connectivity index (χ2v) is 5.27. The van der Waals surface area contributed by atoms with E-state index in [1.54, 1.807) is 13.0 Å². The van der Waals surface area contributed by atoms with Crippen molar-refractivity contribution in [2.45, 2.75) is 32.7 Å². The number of aryl methyl sites for hydroxylation is 1. The molecule has 0 aromatic heterocycles. The van der Waals surface area contributed by atoms with Gasteiger partial charge in [-0.05, 0) is 53.9 Å². The van der Waals surface area contributed by atoms with Gasteiger partial charge in [-0.15, -0.1) is 0 Å². The van der Waals surface area contributed by atoms with Crippen molar-refractivity contribution in [3.05, 3.63) is 28.2 Å². The Kier molecular flexibility index (Phi) is 5.82. The van der Waals surface area contributed by atoms with Gasteiger partial charge in [0.25, 0.3) is 0 Å². The average Bonchev–Trinajstić information content (AvgIpc) is 2.30. The minimum atomic E-state index is -0.865. The van der Waals surface area contributed by atoms with E-state index in [1.807, 2.05) is 19.1 Å². The molecule has 1 aromatic rings. The average molecular weight is 329 g/mol. The zero-order valence-corrected chi connectivity index (χ0v) is 12.5. The highest BCUT2D eigenvalue weighted by Crippen LogP contribution is 2.23. The van der Waals surface area contributed by atoms with Gasteiger partial charge < -0.3 is 15.7 Å². The van der Waals surface area contributed by atoms with Crippen LogP contribution in [0.1, 0.15) is 25.3 Å². The third-order valence-electron chi connectivity index (χ3n) is 2.54. The lowest BCUT2D eigenvalue weighted by Gasteiger charge is -2.14. The lowest BCUT2D eigenvalue weighted by Crippen LogP contribution is -2.36. The maximum Gasteiger partial charge on any atom is 0.319 e. The Hall–Kier alpha value is -1.56. The maximum absolute atomic E-state index is 11.7. The second-order valence-electron chi connectivity index (χ2n) is 4.42. The lowest BCUT2D eigenvalue weighted by molar-refractivity contribution is -0.137. The van der Waals surface area contributed by atoms with Crippen LogP contribution in [0.3, 0.4) is 0 Å². The first-order valence-corrected chi connectivity index (χ1v) is 6.73. The van der Waals surface area contributed by atoms with Crippen LogP contribution in [0.2, 0.25) is 0 Å². The fourth-order valence-corrected chi connectivity index (χ4v) is 2.11. The molecule has 1 atom stereocenters. The molecule has 3 N–H and O–H groups in total. The Bertz CT molecular complexity index is 477. The van der Waals surface area contributed by atoms with Gasteiger partial charge in [0, 0.05) is 16.9 Å². The van der Waals surface area contributed by atoms with Crippen molar-refractivity contribution in [1.29, 1.82) is 0 Å². The number of carbonyl (C=O) groups excluding carboxylic acids is 1. The quantitative estimate of drug-likeness (QED) is 0.776. The summed E-state index contributed by atoms with van der Waals surface area (Å²) >= 11 is 3.37. The normalized spacial score (nSPS) is 11.7. The molecule has 0 saturated carbocycles. The van der Waals surface area contributed by atoms with Gasteiger partial charge in [-0.25, -0.2) is 4.79 Å². The number of carboxylic acid groups (broad SMARTS) is 1. The third kappa shape index (κ3) is 5.74. The molecular weight excluding hydrogens is 312 g/mol. The Labute approximate surface area is 120 Å². The number of carboxylic acids is 1. The minimum absolute atomic E-state index is 0.0374. The van der Waals surface area contributed by atoms with Gasteiger partial charge in [-0.3, -0.25) is 4.79 Å². The number of rotatable bonds is 5. The zero-order valence-electron chi connectivity index (χ0n) is 10.9. The molecule has 5 nitrogen and oxygen atoms in total. The van der Waals surface area contributed by atoms with Crippen molar-refractivity contribution in [3.63, 3.8) is 0 Å². The van der Waals surface area contributed by atoms with Crippen LogP contribution in [0.15, 0.2) is 22.7 Å². The molecule has 1 aromatic carbocycles. The first kappa shape index (κ1) is 15.5. The maximum atomic E-state index is 11.7. The summed E-state index contributed by atoms with van der Waals surface area (Å²) in [5.41, 5.74) is 1.76. The highest BCUT2D eigenvalue weighted by atomic mass is 79.9. The van der Waals surface area contributed by atoms with E-state index in [2.05, 4.69) is 26.6 Å². The second kappa shape index (κ2) is 7.13. The van der Waals surface area contributed by atoms with E-state index in [4.69, 9.17) is 5.11 Å². The predicted molar refractivity (Wildman–Crippen MR) is 77.4 cm³/mol. The molecular formula is C13H17BrN2O3. The van der Waals surface area contributed by atoms with E-state index in [0.717, 1.165) is 10.0 Å². The summed E-state index contributed by atoms with van der Waals surface area (Å²) in [5, 5.41) is 14.0. The van der Waals surface area contributed by atoms with Gasteiger partial charge in [-0.1, -0.05) is 6.07 Å². The summed E-state index contributed by atoms with van der Waals surface area (Å²) in [6, 6.07) is 5.07. The van der Waals surface area contributed by atoms with E-state index in [9.17, 15) is 9.59 Å². The third-order valence-corrected chi connectivity index (χ3v) is 3.20. The SMILES string of the molecule is Cc1ccc(NC(=O)NC(C)CCC(=O)O)c(Br)c1. The van der Waals surface area contributed by atoms with Crippen LogP contribution in [0.5, 0.6) is 0 Å². The van der Waals surface area contributed by atoms with Crippen molar-refractivity contribution in [1.82, 2.24) is 5.32 Å². The van der Waals surface area contributed by atoms with Crippen molar-refractivity contribution in [2.24, 2.45) is 0 Å². The molecule has 0 spiro atoms. The van der Waals surface area contributed by atoms with Gasteiger partial charge in [0.1, 0.15) is 0 Å². The number of amides is 2. The Morgan fingerprint density at radius 1 is 1.42 bits per heavy atom. The smallest absolute Gasteiger partial charge is 0.319 e. The number of benzene rings is 1. The fourth-order valence-electron chi connectivity index (χ4n) is 1.52. The van der Waals surface area contributed by atoms with E-state index >= 15 is 0 Å². The van der Waals surface area contributed by atoms with Crippen LogP contribution < -0.4 is 10.6 Å². The summed E-state index contributed by atoms with van der Waals surface area (Å²) in [6.07, 6.45) is 0.438. The molecule has 2 amide bonds. The molecule has 0 radical (unpaired) electrons. The first-order chi connectivity index (χ1) is 8.88. The lowest BCUT2D eigenvalue weighted by atomic mass is 10.2. The molecule has 1 unspecified atom stereocenters. The molecule has 0 heterocycles.